The van der Waals surface area contributed by atoms with Gasteiger partial charge in [-0.1, -0.05) is 6.42 Å². The summed E-state index contributed by atoms with van der Waals surface area (Å²) in [5, 5.41) is 0. The zero-order valence-electron chi connectivity index (χ0n) is 6.93. The van der Waals surface area contributed by atoms with E-state index in [1.807, 2.05) is 0 Å². The van der Waals surface area contributed by atoms with E-state index in [1.165, 1.54) is 19.3 Å². The van der Waals surface area contributed by atoms with Gasteiger partial charge in [-0.05, 0) is 32.2 Å². The molecule has 2 aliphatic rings. The van der Waals surface area contributed by atoms with Crippen molar-refractivity contribution in [3.05, 3.63) is 0 Å². The van der Waals surface area contributed by atoms with E-state index < -0.39 is 6.17 Å². The number of nitrogens with zero attached hydrogens (tertiary/aromatic N) is 1. The molecule has 0 bridgehead atoms. The van der Waals surface area contributed by atoms with Crippen molar-refractivity contribution >= 4 is 0 Å². The van der Waals surface area contributed by atoms with E-state index >= 15 is 0 Å². The molecule has 11 heavy (non-hydrogen) atoms. The maximum atomic E-state index is 12.9. The molecule has 1 atom stereocenters. The van der Waals surface area contributed by atoms with Crippen LogP contribution in [0.2, 0.25) is 0 Å². The Bertz CT molecular complexity index is 134. The molecule has 0 amide bonds. The maximum Gasteiger partial charge on any atom is 0.113 e. The zero-order valence-corrected chi connectivity index (χ0v) is 6.93. The van der Waals surface area contributed by atoms with Crippen molar-refractivity contribution in [1.29, 1.82) is 0 Å². The number of rotatable bonds is 1. The molecular weight excluding hydrogens is 141 g/mol. The molecule has 0 aromatic rings. The van der Waals surface area contributed by atoms with E-state index in [-0.39, 0.29) is 0 Å². The first-order chi connectivity index (χ1) is 5.36. The average Bonchev–Trinajstić information content (AvgIpc) is 1.83. The van der Waals surface area contributed by atoms with Gasteiger partial charge >= 0.3 is 0 Å². The SMILES string of the molecule is F[C@@H]1CCCN(C2CCC2)C1. The highest BCUT2D eigenvalue weighted by Gasteiger charge is 2.28. The Morgan fingerprint density at radius 2 is 1.91 bits per heavy atom. The third kappa shape index (κ3) is 1.56. The van der Waals surface area contributed by atoms with E-state index in [0.717, 1.165) is 25.4 Å². The van der Waals surface area contributed by atoms with E-state index in [1.54, 1.807) is 0 Å². The van der Waals surface area contributed by atoms with E-state index in [9.17, 15) is 4.39 Å². The van der Waals surface area contributed by atoms with Crippen LogP contribution in [0.5, 0.6) is 0 Å². The Morgan fingerprint density at radius 1 is 1.09 bits per heavy atom. The molecule has 1 saturated heterocycles. The van der Waals surface area contributed by atoms with Crippen LogP contribution in [-0.2, 0) is 0 Å². The highest BCUT2D eigenvalue weighted by molar-refractivity contribution is 4.84. The molecule has 1 saturated carbocycles. The van der Waals surface area contributed by atoms with Crippen molar-refractivity contribution in [3.8, 4) is 0 Å². The second kappa shape index (κ2) is 3.10. The normalized spacial score (nSPS) is 35.2. The Morgan fingerprint density at radius 3 is 2.45 bits per heavy atom. The van der Waals surface area contributed by atoms with Crippen molar-refractivity contribution in [2.24, 2.45) is 0 Å². The zero-order chi connectivity index (χ0) is 7.68. The van der Waals surface area contributed by atoms with Crippen LogP contribution in [-0.4, -0.2) is 30.2 Å². The van der Waals surface area contributed by atoms with Crippen LogP contribution in [0, 0.1) is 0 Å². The van der Waals surface area contributed by atoms with Crippen molar-refractivity contribution in [1.82, 2.24) is 4.90 Å². The number of likely N-dealkylation sites (tertiary alicyclic amines) is 1. The summed E-state index contributed by atoms with van der Waals surface area (Å²) in [6.07, 6.45) is 5.31. The minimum atomic E-state index is -0.538. The smallest absolute Gasteiger partial charge is 0.113 e. The van der Waals surface area contributed by atoms with Crippen LogP contribution in [0.3, 0.4) is 0 Å². The van der Waals surface area contributed by atoms with Crippen LogP contribution >= 0.6 is 0 Å². The lowest BCUT2D eigenvalue weighted by atomic mass is 9.90. The van der Waals surface area contributed by atoms with Gasteiger partial charge in [0.2, 0.25) is 0 Å². The minimum absolute atomic E-state index is 0.538. The fraction of sp³-hybridized carbons (Fsp3) is 1.00. The number of alkyl halides is 1. The molecule has 0 radical (unpaired) electrons. The summed E-state index contributed by atoms with van der Waals surface area (Å²) in [5.74, 6) is 0. The van der Waals surface area contributed by atoms with Crippen LogP contribution in [0.1, 0.15) is 32.1 Å². The largest absolute Gasteiger partial charge is 0.298 e. The first-order valence-electron chi connectivity index (χ1n) is 4.74. The summed E-state index contributed by atoms with van der Waals surface area (Å²) >= 11 is 0. The van der Waals surface area contributed by atoms with Gasteiger partial charge in [-0.3, -0.25) is 4.90 Å². The monoisotopic (exact) mass is 157 g/mol. The van der Waals surface area contributed by atoms with Gasteiger partial charge in [-0.2, -0.15) is 0 Å². The van der Waals surface area contributed by atoms with Crippen molar-refractivity contribution in [2.75, 3.05) is 13.1 Å². The Labute approximate surface area is 67.6 Å². The lowest BCUT2D eigenvalue weighted by Crippen LogP contribution is -2.46. The van der Waals surface area contributed by atoms with Crippen molar-refractivity contribution in [2.45, 2.75) is 44.3 Å². The highest BCUT2D eigenvalue weighted by Crippen LogP contribution is 2.27. The van der Waals surface area contributed by atoms with E-state index in [4.69, 9.17) is 0 Å². The first-order valence-corrected chi connectivity index (χ1v) is 4.74. The molecule has 1 aliphatic heterocycles. The van der Waals surface area contributed by atoms with Gasteiger partial charge in [0.15, 0.2) is 0 Å². The van der Waals surface area contributed by atoms with E-state index in [0.29, 0.717) is 6.54 Å². The topological polar surface area (TPSA) is 3.24 Å². The fourth-order valence-corrected chi connectivity index (χ4v) is 2.04. The summed E-state index contributed by atoms with van der Waals surface area (Å²) in [7, 11) is 0. The molecular formula is C9H16FN. The summed E-state index contributed by atoms with van der Waals surface area (Å²) < 4.78 is 12.9. The second-order valence-corrected chi connectivity index (χ2v) is 3.82. The molecule has 0 unspecified atom stereocenters. The first kappa shape index (κ1) is 7.53. The third-order valence-corrected chi connectivity index (χ3v) is 2.99. The Kier molecular flexibility index (Phi) is 2.12. The lowest BCUT2D eigenvalue weighted by Gasteiger charge is -2.40. The number of hydrogen-bond acceptors (Lipinski definition) is 1. The third-order valence-electron chi connectivity index (χ3n) is 2.99. The van der Waals surface area contributed by atoms with Crippen LogP contribution in [0.25, 0.3) is 0 Å². The van der Waals surface area contributed by atoms with Crippen LogP contribution in [0.15, 0.2) is 0 Å². The lowest BCUT2D eigenvalue weighted by molar-refractivity contribution is 0.0620. The molecule has 1 nitrogen and oxygen atoms in total. The second-order valence-electron chi connectivity index (χ2n) is 3.82. The molecule has 1 heterocycles. The summed E-state index contributed by atoms with van der Waals surface area (Å²) in [6, 6.07) is 0.744. The average molecular weight is 157 g/mol. The summed E-state index contributed by atoms with van der Waals surface area (Å²) in [5.41, 5.74) is 0. The van der Waals surface area contributed by atoms with Gasteiger partial charge in [-0.15, -0.1) is 0 Å². The molecule has 1 aliphatic carbocycles. The molecule has 0 aromatic carbocycles. The van der Waals surface area contributed by atoms with Crippen LogP contribution in [0.4, 0.5) is 4.39 Å². The molecule has 0 spiro atoms. The molecule has 0 aromatic heterocycles. The van der Waals surface area contributed by atoms with Gasteiger partial charge in [0.1, 0.15) is 6.17 Å². The number of piperidine rings is 1. The molecule has 2 fully saturated rings. The number of halogens is 1. The van der Waals surface area contributed by atoms with Crippen molar-refractivity contribution < 1.29 is 4.39 Å². The molecule has 2 rings (SSSR count). The quantitative estimate of drug-likeness (QED) is 0.562. The Balaban J connectivity index is 1.82. The van der Waals surface area contributed by atoms with Gasteiger partial charge in [0, 0.05) is 12.6 Å². The maximum absolute atomic E-state index is 12.9. The van der Waals surface area contributed by atoms with Gasteiger partial charge < -0.3 is 0 Å². The molecule has 64 valence electrons. The minimum Gasteiger partial charge on any atom is -0.298 e. The van der Waals surface area contributed by atoms with Gasteiger partial charge in [-0.25, -0.2) is 4.39 Å². The predicted octanol–water partition coefficient (Wildman–Crippen LogP) is 1.97. The standard InChI is InChI=1S/C9H16FN/c10-8-3-2-6-11(7-8)9-4-1-5-9/h8-9H,1-7H2/t8-/m1/s1. The molecule has 0 N–H and O–H groups in total. The van der Waals surface area contributed by atoms with Crippen LogP contribution < -0.4 is 0 Å². The fourth-order valence-electron chi connectivity index (χ4n) is 2.04. The predicted molar refractivity (Wildman–Crippen MR) is 43.3 cm³/mol. The van der Waals surface area contributed by atoms with E-state index in [2.05, 4.69) is 4.90 Å². The summed E-state index contributed by atoms with van der Waals surface area (Å²) in [6.45, 7) is 1.86. The number of hydrogen-bond donors (Lipinski definition) is 0. The summed E-state index contributed by atoms with van der Waals surface area (Å²) in [4.78, 5) is 2.34. The van der Waals surface area contributed by atoms with Gasteiger partial charge in [0.25, 0.3) is 0 Å². The highest BCUT2D eigenvalue weighted by atomic mass is 19.1. The Hall–Kier alpha value is -0.110. The molecule has 2 heteroatoms. The van der Waals surface area contributed by atoms with Gasteiger partial charge in [0.05, 0.1) is 0 Å². The van der Waals surface area contributed by atoms with Crippen molar-refractivity contribution in [3.63, 3.8) is 0 Å².